The van der Waals surface area contributed by atoms with Crippen molar-refractivity contribution in [2.24, 2.45) is 5.73 Å². The van der Waals surface area contributed by atoms with Gasteiger partial charge in [0.05, 0.1) is 0 Å². The van der Waals surface area contributed by atoms with Gasteiger partial charge >= 0.3 is 4.87 Å². The first kappa shape index (κ1) is 7.50. The number of aromatic amines is 1. The highest BCUT2D eigenvalue weighted by Crippen LogP contribution is 2.12. The Morgan fingerprint density at radius 1 is 1.70 bits per heavy atom. The van der Waals surface area contributed by atoms with Crippen molar-refractivity contribution >= 4 is 11.3 Å². The molecule has 0 saturated heterocycles. The van der Waals surface area contributed by atoms with Gasteiger partial charge in [0.1, 0.15) is 0 Å². The highest BCUT2D eigenvalue weighted by molar-refractivity contribution is 7.09. The van der Waals surface area contributed by atoms with E-state index >= 15 is 0 Å². The number of H-pyrrole nitrogens is 1. The molecule has 0 saturated carbocycles. The number of hydrogen-bond donors (Lipinski definition) is 2. The van der Waals surface area contributed by atoms with E-state index in [1.807, 2.05) is 13.8 Å². The first-order valence-corrected chi connectivity index (χ1v) is 3.88. The molecule has 0 bridgehead atoms. The van der Waals surface area contributed by atoms with Gasteiger partial charge in [-0.25, -0.2) is 0 Å². The molecular weight excluding hydrogens is 148 g/mol. The van der Waals surface area contributed by atoms with Crippen LogP contribution in [0.15, 0.2) is 4.79 Å². The normalized spacial score (nSPS) is 13.5. The summed E-state index contributed by atoms with van der Waals surface area (Å²) in [5.41, 5.74) is 6.42. The third-order valence-corrected chi connectivity index (χ3v) is 2.13. The lowest BCUT2D eigenvalue weighted by molar-refractivity contribution is 0.779. The number of nitrogens with two attached hydrogens (primary N) is 1. The fourth-order valence-corrected chi connectivity index (χ4v) is 1.64. The molecule has 1 heterocycles. The second kappa shape index (κ2) is 2.56. The Morgan fingerprint density at radius 3 is 2.50 bits per heavy atom. The average Bonchev–Trinajstić information content (AvgIpc) is 2.10. The molecule has 0 spiro atoms. The van der Waals surface area contributed by atoms with Crippen LogP contribution < -0.4 is 10.6 Å². The molecule has 0 aliphatic heterocycles. The average molecular weight is 158 g/mol. The van der Waals surface area contributed by atoms with E-state index in [1.54, 1.807) is 0 Å². The first-order valence-electron chi connectivity index (χ1n) is 3.06. The summed E-state index contributed by atoms with van der Waals surface area (Å²) in [5.74, 6) is 0. The predicted octanol–water partition coefficient (Wildman–Crippen LogP) is 0.765. The van der Waals surface area contributed by atoms with Crippen LogP contribution in [0.4, 0.5) is 0 Å². The Labute approximate surface area is 62.9 Å². The van der Waals surface area contributed by atoms with E-state index in [0.29, 0.717) is 0 Å². The Morgan fingerprint density at radius 2 is 2.30 bits per heavy atom. The molecular formula is C6H10N2OS. The molecule has 3 N–H and O–H groups in total. The van der Waals surface area contributed by atoms with Gasteiger partial charge in [-0.3, -0.25) is 4.79 Å². The second-order valence-electron chi connectivity index (χ2n) is 2.27. The predicted molar refractivity (Wildman–Crippen MR) is 42.3 cm³/mol. The molecule has 56 valence electrons. The van der Waals surface area contributed by atoms with Crippen LogP contribution in [0.2, 0.25) is 0 Å². The molecule has 1 atom stereocenters. The van der Waals surface area contributed by atoms with Crippen molar-refractivity contribution in [1.29, 1.82) is 0 Å². The molecule has 0 aliphatic carbocycles. The van der Waals surface area contributed by atoms with Crippen LogP contribution in [0.1, 0.15) is 23.5 Å². The van der Waals surface area contributed by atoms with Crippen molar-refractivity contribution in [1.82, 2.24) is 4.98 Å². The molecule has 0 aromatic carbocycles. The number of thiazole rings is 1. The zero-order valence-electron chi connectivity index (χ0n) is 5.97. The van der Waals surface area contributed by atoms with Crippen LogP contribution in [-0.2, 0) is 0 Å². The highest BCUT2D eigenvalue weighted by atomic mass is 32.1. The molecule has 0 aliphatic rings. The molecule has 10 heavy (non-hydrogen) atoms. The maximum absolute atomic E-state index is 10.7. The van der Waals surface area contributed by atoms with E-state index in [1.165, 1.54) is 11.3 Å². The van der Waals surface area contributed by atoms with Gasteiger partial charge in [0, 0.05) is 16.6 Å². The third-order valence-electron chi connectivity index (χ3n) is 1.32. The molecule has 0 amide bonds. The quantitative estimate of drug-likeness (QED) is 0.634. The Balaban J connectivity index is 3.15. The monoisotopic (exact) mass is 158 g/mol. The lowest BCUT2D eigenvalue weighted by Gasteiger charge is -2.00. The van der Waals surface area contributed by atoms with E-state index in [4.69, 9.17) is 5.73 Å². The molecule has 0 fully saturated rings. The molecule has 0 radical (unpaired) electrons. The van der Waals surface area contributed by atoms with Crippen molar-refractivity contribution in [3.8, 4) is 0 Å². The standard InChI is InChI=1S/C6H10N2OS/c1-3(7)5-4(2)10-6(9)8-5/h3H,7H2,1-2H3,(H,8,9). The third kappa shape index (κ3) is 1.27. The second-order valence-corrected chi connectivity index (χ2v) is 3.46. The molecule has 1 aromatic rings. The number of hydrogen-bond acceptors (Lipinski definition) is 3. The van der Waals surface area contributed by atoms with Crippen LogP contribution in [-0.4, -0.2) is 4.98 Å². The van der Waals surface area contributed by atoms with Gasteiger partial charge in [0.2, 0.25) is 0 Å². The van der Waals surface area contributed by atoms with E-state index in [9.17, 15) is 4.79 Å². The largest absolute Gasteiger partial charge is 0.323 e. The van der Waals surface area contributed by atoms with Gasteiger partial charge in [0.25, 0.3) is 0 Å². The van der Waals surface area contributed by atoms with Gasteiger partial charge < -0.3 is 10.7 Å². The Hall–Kier alpha value is -0.610. The number of nitrogens with one attached hydrogen (secondary N) is 1. The van der Waals surface area contributed by atoms with Crippen molar-refractivity contribution in [2.75, 3.05) is 0 Å². The number of rotatable bonds is 1. The zero-order valence-corrected chi connectivity index (χ0v) is 6.79. The number of aromatic nitrogens is 1. The van der Waals surface area contributed by atoms with Crippen LogP contribution in [0.3, 0.4) is 0 Å². The van der Waals surface area contributed by atoms with Crippen molar-refractivity contribution in [3.05, 3.63) is 20.2 Å². The van der Waals surface area contributed by atoms with Crippen molar-refractivity contribution in [2.45, 2.75) is 19.9 Å². The summed E-state index contributed by atoms with van der Waals surface area (Å²) in [6, 6.07) is -0.0704. The molecule has 4 heteroatoms. The minimum atomic E-state index is -0.0704. The smallest absolute Gasteiger partial charge is 0.304 e. The van der Waals surface area contributed by atoms with Crippen LogP contribution in [0, 0.1) is 6.92 Å². The van der Waals surface area contributed by atoms with E-state index in [0.717, 1.165) is 10.6 Å². The Bertz CT molecular complexity index is 274. The first-order chi connectivity index (χ1) is 4.61. The topological polar surface area (TPSA) is 58.9 Å². The lowest BCUT2D eigenvalue weighted by Crippen LogP contribution is -2.08. The van der Waals surface area contributed by atoms with E-state index < -0.39 is 0 Å². The lowest BCUT2D eigenvalue weighted by atomic mass is 10.2. The minimum absolute atomic E-state index is 0.0233. The van der Waals surface area contributed by atoms with Crippen LogP contribution >= 0.6 is 11.3 Å². The summed E-state index contributed by atoms with van der Waals surface area (Å²) < 4.78 is 0. The molecule has 1 unspecified atom stereocenters. The van der Waals surface area contributed by atoms with Gasteiger partial charge in [-0.1, -0.05) is 11.3 Å². The molecule has 3 nitrogen and oxygen atoms in total. The minimum Gasteiger partial charge on any atom is -0.323 e. The fourth-order valence-electron chi connectivity index (χ4n) is 0.852. The van der Waals surface area contributed by atoms with E-state index in [-0.39, 0.29) is 10.9 Å². The van der Waals surface area contributed by atoms with E-state index in [2.05, 4.69) is 4.98 Å². The number of aryl methyl sites for hydroxylation is 1. The molecule has 1 aromatic heterocycles. The van der Waals surface area contributed by atoms with Gasteiger partial charge in [0.15, 0.2) is 0 Å². The maximum Gasteiger partial charge on any atom is 0.304 e. The summed E-state index contributed by atoms with van der Waals surface area (Å²) in [5, 5.41) is 0. The van der Waals surface area contributed by atoms with Gasteiger partial charge in [-0.15, -0.1) is 0 Å². The SMILES string of the molecule is Cc1sc(=O)[nH]c1C(C)N. The summed E-state index contributed by atoms with van der Waals surface area (Å²) in [7, 11) is 0. The highest BCUT2D eigenvalue weighted by Gasteiger charge is 2.06. The summed E-state index contributed by atoms with van der Waals surface area (Å²) in [6.45, 7) is 3.74. The van der Waals surface area contributed by atoms with Crippen LogP contribution in [0.25, 0.3) is 0 Å². The summed E-state index contributed by atoms with van der Waals surface area (Å²) in [4.78, 5) is 14.4. The van der Waals surface area contributed by atoms with Crippen LogP contribution in [0.5, 0.6) is 0 Å². The van der Waals surface area contributed by atoms with Crippen molar-refractivity contribution < 1.29 is 0 Å². The molecule has 1 rings (SSSR count). The maximum atomic E-state index is 10.7. The van der Waals surface area contributed by atoms with Crippen molar-refractivity contribution in [3.63, 3.8) is 0 Å². The fraction of sp³-hybridized carbons (Fsp3) is 0.500. The summed E-state index contributed by atoms with van der Waals surface area (Å²) >= 11 is 1.21. The zero-order chi connectivity index (χ0) is 7.72. The van der Waals surface area contributed by atoms with Gasteiger partial charge in [-0.2, -0.15) is 0 Å². The summed E-state index contributed by atoms with van der Waals surface area (Å²) in [6.07, 6.45) is 0. The Kier molecular flexibility index (Phi) is 1.92. The van der Waals surface area contributed by atoms with Gasteiger partial charge in [-0.05, 0) is 13.8 Å².